The van der Waals surface area contributed by atoms with E-state index in [1.54, 1.807) is 25.1 Å². The number of carbonyl (C=O) groups is 1. The third kappa shape index (κ3) is 3.50. The molecule has 2 rings (SSSR count). The lowest BCUT2D eigenvalue weighted by atomic mass is 10.2. The molecule has 6 nitrogen and oxygen atoms in total. The highest BCUT2D eigenvalue weighted by Gasteiger charge is 2.12. The number of rotatable bonds is 5. The monoisotopic (exact) mass is 308 g/mol. The number of carbonyl (C=O) groups excluding carboxylic acids is 1. The van der Waals surface area contributed by atoms with Crippen molar-refractivity contribution in [3.05, 3.63) is 53.5 Å². The van der Waals surface area contributed by atoms with E-state index in [2.05, 4.69) is 10.0 Å². The van der Waals surface area contributed by atoms with Crippen molar-refractivity contribution in [1.82, 2.24) is 10.0 Å². The average Bonchev–Trinajstić information content (AvgIpc) is 2.91. The van der Waals surface area contributed by atoms with Crippen molar-refractivity contribution in [2.24, 2.45) is 0 Å². The van der Waals surface area contributed by atoms with Crippen LogP contribution >= 0.6 is 0 Å². The number of sulfonamides is 1. The van der Waals surface area contributed by atoms with Crippen LogP contribution in [-0.4, -0.2) is 21.4 Å². The van der Waals surface area contributed by atoms with E-state index in [4.69, 9.17) is 4.42 Å². The first-order chi connectivity index (χ1) is 9.94. The average molecular weight is 308 g/mol. The maximum absolute atomic E-state index is 11.9. The molecule has 1 aromatic carbocycles. The summed E-state index contributed by atoms with van der Waals surface area (Å²) < 4.78 is 30.5. The highest BCUT2D eigenvalue weighted by molar-refractivity contribution is 7.89. The smallest absolute Gasteiger partial charge is 0.255 e. The molecule has 0 aliphatic carbocycles. The fourth-order valence-corrected chi connectivity index (χ4v) is 2.53. The van der Waals surface area contributed by atoms with E-state index in [1.807, 2.05) is 0 Å². The van der Waals surface area contributed by atoms with Gasteiger partial charge in [-0.15, -0.1) is 0 Å². The van der Waals surface area contributed by atoms with E-state index in [1.165, 1.54) is 25.4 Å². The molecule has 112 valence electrons. The summed E-state index contributed by atoms with van der Waals surface area (Å²) in [6.45, 7) is 2.02. The number of nitrogens with one attached hydrogen (secondary N) is 2. The minimum Gasteiger partial charge on any atom is -0.469 e. The Morgan fingerprint density at radius 1 is 1.19 bits per heavy atom. The number of hydrogen-bond acceptors (Lipinski definition) is 4. The minimum atomic E-state index is -3.44. The lowest BCUT2D eigenvalue weighted by Gasteiger charge is -2.06. The summed E-state index contributed by atoms with van der Waals surface area (Å²) in [7, 11) is -2.08. The SMILES string of the molecule is CNS(=O)(=O)c1ccc(CNC(=O)c2ccoc2C)cc1. The van der Waals surface area contributed by atoms with Crippen molar-refractivity contribution >= 4 is 15.9 Å². The van der Waals surface area contributed by atoms with Crippen LogP contribution in [0.25, 0.3) is 0 Å². The highest BCUT2D eigenvalue weighted by Crippen LogP contribution is 2.11. The van der Waals surface area contributed by atoms with Crippen LogP contribution in [0.5, 0.6) is 0 Å². The lowest BCUT2D eigenvalue weighted by Crippen LogP contribution is -2.23. The summed E-state index contributed by atoms with van der Waals surface area (Å²) in [5, 5.41) is 2.75. The predicted octanol–water partition coefficient (Wildman–Crippen LogP) is 1.43. The van der Waals surface area contributed by atoms with Gasteiger partial charge in [0.05, 0.1) is 16.7 Å². The van der Waals surface area contributed by atoms with Crippen LogP contribution in [0.4, 0.5) is 0 Å². The Bertz CT molecular complexity index is 733. The van der Waals surface area contributed by atoms with Gasteiger partial charge in [0.25, 0.3) is 5.91 Å². The van der Waals surface area contributed by atoms with Crippen LogP contribution in [0, 0.1) is 6.92 Å². The van der Waals surface area contributed by atoms with Gasteiger partial charge in [-0.25, -0.2) is 13.1 Å². The van der Waals surface area contributed by atoms with Gasteiger partial charge in [-0.1, -0.05) is 12.1 Å². The van der Waals surface area contributed by atoms with E-state index in [0.29, 0.717) is 17.9 Å². The molecule has 0 aliphatic rings. The highest BCUT2D eigenvalue weighted by atomic mass is 32.2. The van der Waals surface area contributed by atoms with E-state index in [9.17, 15) is 13.2 Å². The van der Waals surface area contributed by atoms with E-state index < -0.39 is 10.0 Å². The summed E-state index contributed by atoms with van der Waals surface area (Å²) in [5.74, 6) is 0.330. The Morgan fingerprint density at radius 3 is 2.38 bits per heavy atom. The summed E-state index contributed by atoms with van der Waals surface area (Å²) in [4.78, 5) is 12.1. The fraction of sp³-hybridized carbons (Fsp3) is 0.214. The third-order valence-corrected chi connectivity index (χ3v) is 4.49. The molecule has 0 atom stereocenters. The Hall–Kier alpha value is -2.12. The second kappa shape index (κ2) is 6.11. The summed E-state index contributed by atoms with van der Waals surface area (Å²) >= 11 is 0. The van der Waals surface area contributed by atoms with Crippen LogP contribution in [0.2, 0.25) is 0 Å². The van der Waals surface area contributed by atoms with Crippen molar-refractivity contribution in [3.8, 4) is 0 Å². The van der Waals surface area contributed by atoms with Gasteiger partial charge in [0, 0.05) is 6.54 Å². The largest absolute Gasteiger partial charge is 0.469 e. The molecule has 0 fully saturated rings. The van der Waals surface area contributed by atoms with Crippen LogP contribution in [-0.2, 0) is 16.6 Å². The molecule has 1 amide bonds. The van der Waals surface area contributed by atoms with Gasteiger partial charge in [-0.3, -0.25) is 4.79 Å². The molecule has 21 heavy (non-hydrogen) atoms. The molecule has 0 radical (unpaired) electrons. The van der Waals surface area contributed by atoms with Gasteiger partial charge in [0.1, 0.15) is 5.76 Å². The first-order valence-electron chi connectivity index (χ1n) is 6.29. The maximum Gasteiger partial charge on any atom is 0.255 e. The molecular weight excluding hydrogens is 292 g/mol. The van der Waals surface area contributed by atoms with Crippen molar-refractivity contribution in [1.29, 1.82) is 0 Å². The van der Waals surface area contributed by atoms with Gasteiger partial charge < -0.3 is 9.73 Å². The normalized spacial score (nSPS) is 11.3. The number of furan rings is 1. The number of benzene rings is 1. The van der Waals surface area contributed by atoms with Gasteiger partial charge in [0.2, 0.25) is 10.0 Å². The van der Waals surface area contributed by atoms with E-state index >= 15 is 0 Å². The Kier molecular flexibility index (Phi) is 4.44. The molecule has 1 aromatic heterocycles. The Balaban J connectivity index is 2.02. The fourth-order valence-electron chi connectivity index (χ4n) is 1.80. The van der Waals surface area contributed by atoms with Crippen LogP contribution in [0.15, 0.2) is 45.9 Å². The zero-order chi connectivity index (χ0) is 15.5. The second-order valence-corrected chi connectivity index (χ2v) is 6.31. The lowest BCUT2D eigenvalue weighted by molar-refractivity contribution is 0.0949. The third-order valence-electron chi connectivity index (χ3n) is 3.06. The summed E-state index contributed by atoms with van der Waals surface area (Å²) in [6, 6.07) is 7.92. The van der Waals surface area contributed by atoms with Crippen molar-refractivity contribution in [2.45, 2.75) is 18.4 Å². The van der Waals surface area contributed by atoms with Crippen molar-refractivity contribution in [3.63, 3.8) is 0 Å². The number of aryl methyl sites for hydroxylation is 1. The zero-order valence-corrected chi connectivity index (χ0v) is 12.5. The molecule has 0 saturated carbocycles. The molecule has 7 heteroatoms. The zero-order valence-electron chi connectivity index (χ0n) is 11.7. The molecule has 2 aromatic rings. The molecule has 0 saturated heterocycles. The molecule has 1 heterocycles. The first-order valence-corrected chi connectivity index (χ1v) is 7.77. The minimum absolute atomic E-state index is 0.186. The molecule has 2 N–H and O–H groups in total. The van der Waals surface area contributed by atoms with Crippen LogP contribution in [0.1, 0.15) is 21.7 Å². The molecule has 0 aliphatic heterocycles. The quantitative estimate of drug-likeness (QED) is 0.874. The van der Waals surface area contributed by atoms with Gasteiger partial charge in [-0.05, 0) is 37.7 Å². The molecule has 0 unspecified atom stereocenters. The molecular formula is C14H16N2O4S. The number of amides is 1. The van der Waals surface area contributed by atoms with E-state index in [0.717, 1.165) is 5.56 Å². The molecule has 0 bridgehead atoms. The summed E-state index contributed by atoms with van der Waals surface area (Å²) in [6.07, 6.45) is 1.46. The van der Waals surface area contributed by atoms with Gasteiger partial charge in [0.15, 0.2) is 0 Å². The second-order valence-electron chi connectivity index (χ2n) is 4.42. The van der Waals surface area contributed by atoms with Crippen molar-refractivity contribution in [2.75, 3.05) is 7.05 Å². The van der Waals surface area contributed by atoms with Gasteiger partial charge in [-0.2, -0.15) is 0 Å². The summed E-state index contributed by atoms with van der Waals surface area (Å²) in [5.41, 5.74) is 1.30. The first kappa shape index (κ1) is 15.3. The van der Waals surface area contributed by atoms with Crippen molar-refractivity contribution < 1.29 is 17.6 Å². The number of hydrogen-bond donors (Lipinski definition) is 2. The van der Waals surface area contributed by atoms with Gasteiger partial charge >= 0.3 is 0 Å². The maximum atomic E-state index is 11.9. The van der Waals surface area contributed by atoms with Crippen LogP contribution < -0.4 is 10.0 Å². The topological polar surface area (TPSA) is 88.4 Å². The molecule has 0 spiro atoms. The Labute approximate surface area is 123 Å². The standard InChI is InChI=1S/C14H16N2O4S/c1-10-13(7-8-20-10)14(17)16-9-11-3-5-12(6-4-11)21(18,19)15-2/h3-8,15H,9H2,1-2H3,(H,16,17). The Morgan fingerprint density at radius 2 is 1.86 bits per heavy atom. The van der Waals surface area contributed by atoms with Crippen LogP contribution in [0.3, 0.4) is 0 Å². The predicted molar refractivity (Wildman–Crippen MR) is 77.3 cm³/mol. The van der Waals surface area contributed by atoms with E-state index in [-0.39, 0.29) is 10.8 Å².